The molecule has 0 spiro atoms. The second kappa shape index (κ2) is 8.02. The molecular weight excluding hydrogens is 397 g/mol. The summed E-state index contributed by atoms with van der Waals surface area (Å²) in [6.45, 7) is 4.07. The minimum absolute atomic E-state index is 0.107. The zero-order valence-corrected chi connectivity index (χ0v) is 15.8. The fourth-order valence-corrected chi connectivity index (χ4v) is 3.69. The standard InChI is InChI=1S/C17H19F3N4O3S/c1-12-10-14(23-16(22-12)24-6-8-27-9-7-24)11-21-28(25,26)15-4-2-13(3-5-15)17(18,19)20/h2-5,10,21H,6-9,11H2,1H3. The fraction of sp³-hybridized carbons (Fsp3) is 0.412. The van der Waals surface area contributed by atoms with Crippen LogP contribution in [0.15, 0.2) is 35.2 Å². The lowest BCUT2D eigenvalue weighted by Crippen LogP contribution is -2.37. The third-order valence-electron chi connectivity index (χ3n) is 4.12. The lowest BCUT2D eigenvalue weighted by Gasteiger charge is -2.27. The van der Waals surface area contributed by atoms with E-state index < -0.39 is 21.8 Å². The Morgan fingerprint density at radius 3 is 2.39 bits per heavy atom. The summed E-state index contributed by atoms with van der Waals surface area (Å²) in [6, 6.07) is 4.98. The van der Waals surface area contributed by atoms with Crippen LogP contribution < -0.4 is 9.62 Å². The van der Waals surface area contributed by atoms with Crippen LogP contribution in [0.4, 0.5) is 19.1 Å². The molecule has 152 valence electrons. The van der Waals surface area contributed by atoms with Gasteiger partial charge in [0, 0.05) is 18.8 Å². The molecule has 0 unspecified atom stereocenters. The van der Waals surface area contributed by atoms with Crippen LogP contribution in [-0.2, 0) is 27.5 Å². The summed E-state index contributed by atoms with van der Waals surface area (Å²) < 4.78 is 70.3. The monoisotopic (exact) mass is 416 g/mol. The van der Waals surface area contributed by atoms with Gasteiger partial charge >= 0.3 is 6.18 Å². The van der Waals surface area contributed by atoms with Crippen LogP contribution >= 0.6 is 0 Å². The lowest BCUT2D eigenvalue weighted by molar-refractivity contribution is -0.137. The Bertz CT molecular complexity index is 928. The van der Waals surface area contributed by atoms with Crippen molar-refractivity contribution >= 4 is 16.0 Å². The van der Waals surface area contributed by atoms with Crippen molar-refractivity contribution in [3.8, 4) is 0 Å². The highest BCUT2D eigenvalue weighted by molar-refractivity contribution is 7.89. The van der Waals surface area contributed by atoms with Crippen LogP contribution in [0.25, 0.3) is 0 Å². The van der Waals surface area contributed by atoms with Gasteiger partial charge in [0.2, 0.25) is 16.0 Å². The van der Waals surface area contributed by atoms with Crippen LogP contribution in [0.3, 0.4) is 0 Å². The van der Waals surface area contributed by atoms with Crippen molar-refractivity contribution in [1.29, 1.82) is 0 Å². The Morgan fingerprint density at radius 2 is 1.79 bits per heavy atom. The molecule has 1 saturated heterocycles. The molecule has 11 heteroatoms. The van der Waals surface area contributed by atoms with Gasteiger partial charge in [-0.2, -0.15) is 13.2 Å². The molecule has 1 aromatic heterocycles. The SMILES string of the molecule is Cc1cc(CNS(=O)(=O)c2ccc(C(F)(F)F)cc2)nc(N2CCOCC2)n1. The minimum Gasteiger partial charge on any atom is -0.378 e. The number of ether oxygens (including phenoxy) is 1. The molecule has 0 saturated carbocycles. The molecule has 0 bridgehead atoms. The number of rotatable bonds is 5. The third kappa shape index (κ3) is 4.97. The molecule has 28 heavy (non-hydrogen) atoms. The number of nitrogens with one attached hydrogen (secondary N) is 1. The van der Waals surface area contributed by atoms with Crippen LogP contribution in [0, 0.1) is 6.92 Å². The van der Waals surface area contributed by atoms with Crippen LogP contribution in [0.2, 0.25) is 0 Å². The van der Waals surface area contributed by atoms with E-state index in [-0.39, 0.29) is 11.4 Å². The zero-order chi connectivity index (χ0) is 20.4. The minimum atomic E-state index is -4.52. The number of hydrogen-bond acceptors (Lipinski definition) is 6. The molecule has 7 nitrogen and oxygen atoms in total. The Hall–Kier alpha value is -2.24. The first-order valence-corrected chi connectivity index (χ1v) is 9.98. The number of sulfonamides is 1. The molecular formula is C17H19F3N4O3S. The Labute approximate surface area is 160 Å². The smallest absolute Gasteiger partial charge is 0.378 e. The predicted octanol–water partition coefficient (Wildman–Crippen LogP) is 2.12. The van der Waals surface area contributed by atoms with E-state index in [1.165, 1.54) is 0 Å². The number of aryl methyl sites for hydroxylation is 1. The van der Waals surface area contributed by atoms with Gasteiger partial charge in [0.25, 0.3) is 0 Å². The van der Waals surface area contributed by atoms with E-state index in [2.05, 4.69) is 14.7 Å². The second-order valence-corrected chi connectivity index (χ2v) is 8.01. The summed E-state index contributed by atoms with van der Waals surface area (Å²) in [5, 5.41) is 0. The maximum Gasteiger partial charge on any atom is 0.416 e. The summed E-state index contributed by atoms with van der Waals surface area (Å²) in [5.41, 5.74) is 0.234. The van der Waals surface area contributed by atoms with E-state index in [1.54, 1.807) is 13.0 Å². The number of nitrogens with zero attached hydrogens (tertiary/aromatic N) is 3. The van der Waals surface area contributed by atoms with E-state index in [0.29, 0.717) is 43.6 Å². The molecule has 0 aliphatic carbocycles. The highest BCUT2D eigenvalue weighted by Crippen LogP contribution is 2.29. The summed E-state index contributed by atoms with van der Waals surface area (Å²) in [6.07, 6.45) is -4.52. The fourth-order valence-electron chi connectivity index (χ4n) is 2.69. The first kappa shape index (κ1) is 20.5. The van der Waals surface area contributed by atoms with Crippen molar-refractivity contribution < 1.29 is 26.3 Å². The number of hydrogen-bond donors (Lipinski definition) is 1. The van der Waals surface area contributed by atoms with Gasteiger partial charge in [-0.05, 0) is 37.3 Å². The molecule has 0 atom stereocenters. The van der Waals surface area contributed by atoms with Crippen molar-refractivity contribution in [3.63, 3.8) is 0 Å². The van der Waals surface area contributed by atoms with Crippen molar-refractivity contribution in [3.05, 3.63) is 47.3 Å². The molecule has 0 amide bonds. The lowest BCUT2D eigenvalue weighted by atomic mass is 10.2. The molecule has 3 rings (SSSR count). The topological polar surface area (TPSA) is 84.4 Å². The van der Waals surface area contributed by atoms with Crippen LogP contribution in [0.1, 0.15) is 17.0 Å². The van der Waals surface area contributed by atoms with Crippen molar-refractivity contribution in [2.75, 3.05) is 31.2 Å². The average Bonchev–Trinajstić information content (AvgIpc) is 2.66. The molecule has 1 fully saturated rings. The van der Waals surface area contributed by atoms with Gasteiger partial charge in [-0.25, -0.2) is 23.1 Å². The second-order valence-electron chi connectivity index (χ2n) is 6.25. The van der Waals surface area contributed by atoms with Gasteiger partial charge in [0.15, 0.2) is 0 Å². The van der Waals surface area contributed by atoms with E-state index in [4.69, 9.17) is 4.74 Å². The van der Waals surface area contributed by atoms with Gasteiger partial charge in [-0.1, -0.05) is 0 Å². The van der Waals surface area contributed by atoms with Crippen molar-refractivity contribution in [1.82, 2.24) is 14.7 Å². The quantitative estimate of drug-likeness (QED) is 0.804. The van der Waals surface area contributed by atoms with Crippen molar-refractivity contribution in [2.24, 2.45) is 0 Å². The third-order valence-corrected chi connectivity index (χ3v) is 5.54. The average molecular weight is 416 g/mol. The van der Waals surface area contributed by atoms with Gasteiger partial charge in [0.1, 0.15) is 0 Å². The molecule has 1 aliphatic heterocycles. The van der Waals surface area contributed by atoms with Gasteiger partial charge in [0.05, 0.1) is 35.9 Å². The first-order chi connectivity index (χ1) is 13.1. The Morgan fingerprint density at radius 1 is 1.14 bits per heavy atom. The van der Waals surface area contributed by atoms with Gasteiger partial charge in [-0.15, -0.1) is 0 Å². The summed E-state index contributed by atoms with van der Waals surface area (Å²) in [7, 11) is -3.98. The van der Waals surface area contributed by atoms with E-state index >= 15 is 0 Å². The number of aromatic nitrogens is 2. The van der Waals surface area contributed by atoms with Crippen molar-refractivity contribution in [2.45, 2.75) is 24.5 Å². The number of halogens is 3. The summed E-state index contributed by atoms with van der Waals surface area (Å²) in [4.78, 5) is 10.5. The van der Waals surface area contributed by atoms with E-state index in [1.807, 2.05) is 4.90 Å². The van der Waals surface area contributed by atoms with Gasteiger partial charge in [-0.3, -0.25) is 0 Å². The predicted molar refractivity (Wildman–Crippen MR) is 95.3 cm³/mol. The largest absolute Gasteiger partial charge is 0.416 e. The van der Waals surface area contributed by atoms with Crippen LogP contribution in [-0.4, -0.2) is 44.7 Å². The number of benzene rings is 1. The first-order valence-electron chi connectivity index (χ1n) is 8.49. The molecule has 2 aromatic rings. The molecule has 1 aromatic carbocycles. The van der Waals surface area contributed by atoms with E-state index in [0.717, 1.165) is 24.3 Å². The number of alkyl halides is 3. The Kier molecular flexibility index (Phi) is 5.87. The summed E-state index contributed by atoms with van der Waals surface area (Å²) in [5.74, 6) is 0.493. The highest BCUT2D eigenvalue weighted by atomic mass is 32.2. The number of anilines is 1. The molecule has 2 heterocycles. The van der Waals surface area contributed by atoms with Crippen LogP contribution in [0.5, 0.6) is 0 Å². The zero-order valence-electron chi connectivity index (χ0n) is 15.0. The maximum absolute atomic E-state index is 12.6. The highest BCUT2D eigenvalue weighted by Gasteiger charge is 2.30. The number of morpholine rings is 1. The Balaban J connectivity index is 1.73. The molecule has 0 radical (unpaired) electrons. The van der Waals surface area contributed by atoms with E-state index in [9.17, 15) is 21.6 Å². The summed E-state index contributed by atoms with van der Waals surface area (Å²) >= 11 is 0. The molecule has 1 aliphatic rings. The normalized spacial score (nSPS) is 15.6. The maximum atomic E-state index is 12.6. The van der Waals surface area contributed by atoms with Gasteiger partial charge < -0.3 is 9.64 Å². The molecule has 1 N–H and O–H groups in total.